The van der Waals surface area contributed by atoms with E-state index in [0.29, 0.717) is 0 Å². The van der Waals surface area contributed by atoms with Crippen LogP contribution in [0.5, 0.6) is 5.75 Å². The number of ether oxygens (including phenoxy) is 1. The summed E-state index contributed by atoms with van der Waals surface area (Å²) in [4.78, 5) is 4.94. The van der Waals surface area contributed by atoms with Gasteiger partial charge in [-0.25, -0.2) is 0 Å². The van der Waals surface area contributed by atoms with Crippen molar-refractivity contribution in [3.63, 3.8) is 0 Å². The Balaban J connectivity index is 1.30. The molecule has 1 aromatic rings. The Bertz CT molecular complexity index is 549. The Morgan fingerprint density at radius 3 is 2.65 bits per heavy atom. The van der Waals surface area contributed by atoms with E-state index in [1.807, 2.05) is 0 Å². The van der Waals surface area contributed by atoms with E-state index < -0.39 is 0 Å². The molecule has 2 aliphatic carbocycles. The standard InChI is InChI=1S/C20H30N2O/c1-21(2)17-8-10-22(11-9-17)12-13-23-19-5-3-4-18-15-6-7-16(14-15)20(18)19/h3-5,15-17H,6-14H2,1-2H3. The van der Waals surface area contributed by atoms with Gasteiger partial charge in [0.1, 0.15) is 12.4 Å². The van der Waals surface area contributed by atoms with Gasteiger partial charge in [-0.1, -0.05) is 12.1 Å². The van der Waals surface area contributed by atoms with Gasteiger partial charge in [0.25, 0.3) is 0 Å². The van der Waals surface area contributed by atoms with Crippen molar-refractivity contribution in [2.45, 2.75) is 50.0 Å². The summed E-state index contributed by atoms with van der Waals surface area (Å²) in [6, 6.07) is 7.48. The van der Waals surface area contributed by atoms with Gasteiger partial charge in [-0.05, 0) is 82.8 Å². The zero-order chi connectivity index (χ0) is 15.8. The van der Waals surface area contributed by atoms with Gasteiger partial charge in [0.05, 0.1) is 0 Å². The van der Waals surface area contributed by atoms with E-state index in [2.05, 4.69) is 42.1 Å². The molecule has 126 valence electrons. The van der Waals surface area contributed by atoms with Gasteiger partial charge in [-0.2, -0.15) is 0 Å². The van der Waals surface area contributed by atoms with Gasteiger partial charge in [0.15, 0.2) is 0 Å². The molecule has 0 N–H and O–H groups in total. The topological polar surface area (TPSA) is 15.7 Å². The molecule has 0 radical (unpaired) electrons. The van der Waals surface area contributed by atoms with Gasteiger partial charge < -0.3 is 9.64 Å². The molecular formula is C20H30N2O. The highest BCUT2D eigenvalue weighted by Crippen LogP contribution is 2.55. The van der Waals surface area contributed by atoms with E-state index in [-0.39, 0.29) is 0 Å². The summed E-state index contributed by atoms with van der Waals surface area (Å²) in [5.41, 5.74) is 3.14. The third-order valence-corrected chi connectivity index (χ3v) is 6.33. The summed E-state index contributed by atoms with van der Waals surface area (Å²) in [6.07, 6.45) is 6.71. The molecule has 3 heteroatoms. The number of likely N-dealkylation sites (tertiary alicyclic amines) is 1. The first-order chi connectivity index (χ1) is 11.2. The fraction of sp³-hybridized carbons (Fsp3) is 0.700. The van der Waals surface area contributed by atoms with Crippen LogP contribution < -0.4 is 4.74 Å². The minimum atomic E-state index is 0.764. The normalized spacial score (nSPS) is 27.6. The molecule has 23 heavy (non-hydrogen) atoms. The number of benzene rings is 1. The third kappa shape index (κ3) is 3.01. The van der Waals surface area contributed by atoms with Crippen LogP contribution >= 0.6 is 0 Å². The second-order valence-electron chi connectivity index (χ2n) is 7.85. The molecule has 0 spiro atoms. The SMILES string of the molecule is CN(C)C1CCN(CCOc2cccc3c2C2CCC3C2)CC1. The van der Waals surface area contributed by atoms with Crippen LogP contribution in [0.2, 0.25) is 0 Å². The summed E-state index contributed by atoms with van der Waals surface area (Å²) in [7, 11) is 4.40. The number of rotatable bonds is 5. The van der Waals surface area contributed by atoms with Crippen LogP contribution in [0.15, 0.2) is 18.2 Å². The predicted molar refractivity (Wildman–Crippen MR) is 94.4 cm³/mol. The Kier molecular flexibility index (Phi) is 4.33. The second-order valence-corrected chi connectivity index (χ2v) is 7.85. The Labute approximate surface area is 140 Å². The maximum absolute atomic E-state index is 6.23. The van der Waals surface area contributed by atoms with E-state index in [1.54, 1.807) is 11.1 Å². The van der Waals surface area contributed by atoms with Gasteiger partial charge in [-0.15, -0.1) is 0 Å². The lowest BCUT2D eigenvalue weighted by Gasteiger charge is -2.35. The first kappa shape index (κ1) is 15.5. The Morgan fingerprint density at radius 1 is 1.09 bits per heavy atom. The van der Waals surface area contributed by atoms with Crippen molar-refractivity contribution in [3.8, 4) is 5.75 Å². The van der Waals surface area contributed by atoms with Crippen molar-refractivity contribution in [2.75, 3.05) is 40.3 Å². The number of hydrogen-bond acceptors (Lipinski definition) is 3. The highest BCUT2D eigenvalue weighted by atomic mass is 16.5. The molecular weight excluding hydrogens is 284 g/mol. The zero-order valence-corrected chi connectivity index (χ0v) is 14.6. The lowest BCUT2D eigenvalue weighted by atomic mass is 9.91. The molecule has 0 aromatic heterocycles. The second kappa shape index (κ2) is 6.45. The number of hydrogen-bond donors (Lipinski definition) is 0. The van der Waals surface area contributed by atoms with Crippen molar-refractivity contribution < 1.29 is 4.74 Å². The van der Waals surface area contributed by atoms with Crippen molar-refractivity contribution >= 4 is 0 Å². The highest BCUT2D eigenvalue weighted by Gasteiger charge is 2.38. The molecule has 2 atom stereocenters. The van der Waals surface area contributed by atoms with E-state index >= 15 is 0 Å². The smallest absolute Gasteiger partial charge is 0.123 e. The zero-order valence-electron chi connectivity index (χ0n) is 14.6. The summed E-state index contributed by atoms with van der Waals surface area (Å²) >= 11 is 0. The van der Waals surface area contributed by atoms with Crippen molar-refractivity contribution in [1.82, 2.24) is 9.80 Å². The van der Waals surface area contributed by atoms with E-state index in [0.717, 1.165) is 31.0 Å². The minimum Gasteiger partial charge on any atom is -0.492 e. The fourth-order valence-electron chi connectivity index (χ4n) is 4.95. The largest absolute Gasteiger partial charge is 0.492 e. The quantitative estimate of drug-likeness (QED) is 0.828. The van der Waals surface area contributed by atoms with Crippen LogP contribution in [0.4, 0.5) is 0 Å². The van der Waals surface area contributed by atoms with E-state index in [1.165, 1.54) is 50.9 Å². The lowest BCUT2D eigenvalue weighted by molar-refractivity contribution is 0.128. The molecule has 1 aliphatic heterocycles. The first-order valence-electron chi connectivity index (χ1n) is 9.36. The lowest BCUT2D eigenvalue weighted by Crippen LogP contribution is -2.43. The van der Waals surface area contributed by atoms with Crippen LogP contribution in [0.3, 0.4) is 0 Å². The van der Waals surface area contributed by atoms with E-state index in [4.69, 9.17) is 4.74 Å². The summed E-state index contributed by atoms with van der Waals surface area (Å²) in [6.45, 7) is 4.33. The highest BCUT2D eigenvalue weighted by molar-refractivity contribution is 5.50. The molecule has 2 unspecified atom stereocenters. The molecule has 1 aromatic carbocycles. The van der Waals surface area contributed by atoms with E-state index in [9.17, 15) is 0 Å². The van der Waals surface area contributed by atoms with Gasteiger partial charge in [0.2, 0.25) is 0 Å². The average molecular weight is 314 g/mol. The van der Waals surface area contributed by atoms with Gasteiger partial charge >= 0.3 is 0 Å². The Morgan fingerprint density at radius 2 is 1.87 bits per heavy atom. The summed E-state index contributed by atoms with van der Waals surface area (Å²) in [5, 5.41) is 0. The third-order valence-electron chi connectivity index (χ3n) is 6.33. The van der Waals surface area contributed by atoms with Crippen LogP contribution in [-0.4, -0.2) is 56.2 Å². The van der Waals surface area contributed by atoms with Gasteiger partial charge in [-0.3, -0.25) is 4.90 Å². The monoisotopic (exact) mass is 314 g/mol. The maximum Gasteiger partial charge on any atom is 0.123 e. The molecule has 4 rings (SSSR count). The maximum atomic E-state index is 6.23. The fourth-order valence-corrected chi connectivity index (χ4v) is 4.95. The summed E-state index contributed by atoms with van der Waals surface area (Å²) < 4.78 is 6.23. The van der Waals surface area contributed by atoms with Crippen LogP contribution in [-0.2, 0) is 0 Å². The van der Waals surface area contributed by atoms with Crippen molar-refractivity contribution in [3.05, 3.63) is 29.3 Å². The molecule has 2 fully saturated rings. The molecule has 1 saturated heterocycles. The predicted octanol–water partition coefficient (Wildman–Crippen LogP) is 3.46. The van der Waals surface area contributed by atoms with Crippen molar-refractivity contribution in [1.29, 1.82) is 0 Å². The van der Waals surface area contributed by atoms with Gasteiger partial charge in [0, 0.05) is 18.2 Å². The van der Waals surface area contributed by atoms with Crippen molar-refractivity contribution in [2.24, 2.45) is 0 Å². The van der Waals surface area contributed by atoms with Crippen LogP contribution in [0.25, 0.3) is 0 Å². The molecule has 3 nitrogen and oxygen atoms in total. The molecule has 3 aliphatic rings. The number of piperidine rings is 1. The average Bonchev–Trinajstić information content (AvgIpc) is 3.18. The summed E-state index contributed by atoms with van der Waals surface area (Å²) in [5.74, 6) is 2.78. The number of nitrogens with zero attached hydrogens (tertiary/aromatic N) is 2. The molecule has 0 amide bonds. The first-order valence-corrected chi connectivity index (χ1v) is 9.36. The Hall–Kier alpha value is -1.06. The van der Waals surface area contributed by atoms with Crippen LogP contribution in [0.1, 0.15) is 55.1 Å². The minimum absolute atomic E-state index is 0.764. The molecule has 1 heterocycles. The molecule has 2 bridgehead atoms. The molecule has 1 saturated carbocycles. The number of fused-ring (bicyclic) bond motifs is 5. The van der Waals surface area contributed by atoms with Crippen LogP contribution in [0, 0.1) is 0 Å².